The molecule has 1 amide bonds. The maximum atomic E-state index is 11.7. The second-order valence-electron chi connectivity index (χ2n) is 6.20. The fraction of sp³-hybridized carbons (Fsp3) is 0.529. The first-order valence-electron chi connectivity index (χ1n) is 8.53. The lowest BCUT2D eigenvalue weighted by molar-refractivity contribution is -0.121. The van der Waals surface area contributed by atoms with E-state index in [1.165, 1.54) is 17.7 Å². The predicted octanol–water partition coefficient (Wildman–Crippen LogP) is 2.18. The van der Waals surface area contributed by atoms with Crippen LogP contribution in [0.15, 0.2) is 30.2 Å². The molecule has 0 spiro atoms. The lowest BCUT2D eigenvalue weighted by Gasteiger charge is -2.35. The van der Waals surface area contributed by atoms with Crippen LogP contribution in [-0.2, 0) is 11.3 Å². The summed E-state index contributed by atoms with van der Waals surface area (Å²) in [6, 6.07) is 2.64. The minimum atomic E-state index is 0. The molecule has 0 radical (unpaired) electrons. The highest BCUT2D eigenvalue weighted by Crippen LogP contribution is 2.24. The fourth-order valence-corrected chi connectivity index (χ4v) is 4.04. The molecule has 1 unspecified atom stereocenters. The highest BCUT2D eigenvalue weighted by molar-refractivity contribution is 7.10. The second kappa shape index (κ2) is 9.91. The molecule has 3 N–H and O–H groups in total. The normalized spacial score (nSPS) is 17.9. The summed E-state index contributed by atoms with van der Waals surface area (Å²) in [5.41, 5.74) is 6.60. The molecule has 2 aromatic heterocycles. The summed E-state index contributed by atoms with van der Waals surface area (Å²) in [5.74, 6) is 0.0570. The molecule has 2 aromatic rings. The van der Waals surface area contributed by atoms with Crippen molar-refractivity contribution in [2.45, 2.75) is 38.3 Å². The number of nitrogens with two attached hydrogens (primary N) is 1. The van der Waals surface area contributed by atoms with Gasteiger partial charge in [0.1, 0.15) is 0 Å². The van der Waals surface area contributed by atoms with Gasteiger partial charge in [-0.2, -0.15) is 0 Å². The zero-order chi connectivity index (χ0) is 16.8. The standard InChI is InChI=1S/C17H25N5OS.ClH/c18-5-4-17(23)20-10-14-3-1-2-7-21(14)11-16-9-15(12-24-16)22-8-6-19-13-22;/h6,8-9,12-14H,1-5,7,10-11,18H2,(H,20,23);1H. The van der Waals surface area contributed by atoms with Crippen molar-refractivity contribution >= 4 is 29.7 Å². The first-order chi connectivity index (χ1) is 11.8. The Morgan fingerprint density at radius 2 is 2.32 bits per heavy atom. The van der Waals surface area contributed by atoms with Crippen molar-refractivity contribution in [3.8, 4) is 5.69 Å². The molecule has 0 saturated carbocycles. The number of hydrogen-bond acceptors (Lipinski definition) is 5. The lowest BCUT2D eigenvalue weighted by Crippen LogP contribution is -2.46. The van der Waals surface area contributed by atoms with E-state index in [-0.39, 0.29) is 18.3 Å². The average molecular weight is 384 g/mol. The molecule has 6 nitrogen and oxygen atoms in total. The van der Waals surface area contributed by atoms with Gasteiger partial charge in [0.25, 0.3) is 0 Å². The molecule has 0 aliphatic carbocycles. The monoisotopic (exact) mass is 383 g/mol. The Balaban J connectivity index is 0.00000225. The van der Waals surface area contributed by atoms with Crippen LogP contribution in [0.2, 0.25) is 0 Å². The van der Waals surface area contributed by atoms with E-state index in [9.17, 15) is 4.79 Å². The van der Waals surface area contributed by atoms with Crippen molar-refractivity contribution in [3.05, 3.63) is 35.0 Å². The number of carbonyl (C=O) groups excluding carboxylic acids is 1. The van der Waals surface area contributed by atoms with Crippen molar-refractivity contribution in [1.29, 1.82) is 0 Å². The van der Waals surface area contributed by atoms with Crippen LogP contribution in [-0.4, -0.2) is 46.0 Å². The van der Waals surface area contributed by atoms with Gasteiger partial charge in [-0.25, -0.2) is 4.98 Å². The fourth-order valence-electron chi connectivity index (χ4n) is 3.15. The summed E-state index contributed by atoms with van der Waals surface area (Å²) in [6.07, 6.45) is 9.59. The molecule has 3 heterocycles. The summed E-state index contributed by atoms with van der Waals surface area (Å²) in [5, 5.41) is 5.19. The van der Waals surface area contributed by atoms with E-state index in [2.05, 4.69) is 26.6 Å². The molecule has 138 valence electrons. The largest absolute Gasteiger partial charge is 0.354 e. The van der Waals surface area contributed by atoms with Crippen LogP contribution in [0.1, 0.15) is 30.6 Å². The van der Waals surface area contributed by atoms with E-state index >= 15 is 0 Å². The molecule has 1 aliphatic rings. The number of nitrogens with zero attached hydrogens (tertiary/aromatic N) is 3. The Hall–Kier alpha value is -1.41. The Morgan fingerprint density at radius 3 is 3.08 bits per heavy atom. The zero-order valence-corrected chi connectivity index (χ0v) is 15.9. The predicted molar refractivity (Wildman–Crippen MR) is 103 cm³/mol. The van der Waals surface area contributed by atoms with E-state index in [0.717, 1.165) is 31.7 Å². The molecule has 0 aromatic carbocycles. The quantitative estimate of drug-likeness (QED) is 0.768. The smallest absolute Gasteiger partial charge is 0.221 e. The number of thiophene rings is 1. The van der Waals surface area contributed by atoms with Crippen molar-refractivity contribution < 1.29 is 4.79 Å². The van der Waals surface area contributed by atoms with Gasteiger partial charge in [-0.3, -0.25) is 9.69 Å². The third-order valence-electron chi connectivity index (χ3n) is 4.46. The van der Waals surface area contributed by atoms with Crippen molar-refractivity contribution in [1.82, 2.24) is 19.8 Å². The number of aromatic nitrogens is 2. The maximum Gasteiger partial charge on any atom is 0.221 e. The first kappa shape index (κ1) is 19.9. The van der Waals surface area contributed by atoms with Crippen LogP contribution in [0.5, 0.6) is 0 Å². The molecular formula is C17H26ClN5OS. The molecule has 1 atom stereocenters. The number of hydrogen-bond donors (Lipinski definition) is 2. The van der Waals surface area contributed by atoms with Crippen LogP contribution in [0.4, 0.5) is 0 Å². The molecule has 1 aliphatic heterocycles. The van der Waals surface area contributed by atoms with Gasteiger partial charge in [0.15, 0.2) is 0 Å². The first-order valence-corrected chi connectivity index (χ1v) is 9.41. The van der Waals surface area contributed by atoms with Gasteiger partial charge in [-0.15, -0.1) is 23.7 Å². The summed E-state index contributed by atoms with van der Waals surface area (Å²) in [4.78, 5) is 19.6. The van der Waals surface area contributed by atoms with Gasteiger partial charge in [0.05, 0.1) is 12.0 Å². The summed E-state index contributed by atoms with van der Waals surface area (Å²) >= 11 is 1.78. The number of carbonyl (C=O) groups is 1. The Morgan fingerprint density at radius 1 is 1.44 bits per heavy atom. The van der Waals surface area contributed by atoms with Gasteiger partial charge < -0.3 is 15.6 Å². The topological polar surface area (TPSA) is 76.2 Å². The number of rotatable bonds is 7. The lowest BCUT2D eigenvalue weighted by atomic mass is 10.0. The van der Waals surface area contributed by atoms with E-state index in [1.54, 1.807) is 17.5 Å². The molecule has 1 fully saturated rings. The van der Waals surface area contributed by atoms with Crippen molar-refractivity contribution in [2.75, 3.05) is 19.6 Å². The number of likely N-dealkylation sites (tertiary alicyclic amines) is 1. The molecule has 3 rings (SSSR count). The molecule has 25 heavy (non-hydrogen) atoms. The van der Waals surface area contributed by atoms with Gasteiger partial charge >= 0.3 is 0 Å². The number of amides is 1. The minimum absolute atomic E-state index is 0. The van der Waals surface area contributed by atoms with Crippen molar-refractivity contribution in [3.63, 3.8) is 0 Å². The van der Waals surface area contributed by atoms with Crippen LogP contribution in [0.25, 0.3) is 5.69 Å². The van der Waals surface area contributed by atoms with E-state index in [4.69, 9.17) is 5.73 Å². The molecule has 0 bridgehead atoms. The number of imidazole rings is 1. The van der Waals surface area contributed by atoms with Crippen LogP contribution in [0.3, 0.4) is 0 Å². The highest BCUT2D eigenvalue weighted by atomic mass is 35.5. The highest BCUT2D eigenvalue weighted by Gasteiger charge is 2.23. The van der Waals surface area contributed by atoms with E-state index in [1.807, 2.05) is 17.1 Å². The Kier molecular flexibility index (Phi) is 7.90. The van der Waals surface area contributed by atoms with Gasteiger partial charge in [0, 0.05) is 54.7 Å². The third-order valence-corrected chi connectivity index (χ3v) is 5.37. The summed E-state index contributed by atoms with van der Waals surface area (Å²) in [7, 11) is 0. The van der Waals surface area contributed by atoms with Gasteiger partial charge in [0.2, 0.25) is 5.91 Å². The SMILES string of the molecule is Cl.NCCC(=O)NCC1CCCCN1Cc1cc(-n2ccnc2)cs1. The minimum Gasteiger partial charge on any atom is -0.354 e. The Bertz CT molecular complexity index is 645. The number of piperidine rings is 1. The van der Waals surface area contributed by atoms with E-state index in [0.29, 0.717) is 19.0 Å². The van der Waals surface area contributed by atoms with Crippen molar-refractivity contribution in [2.24, 2.45) is 5.73 Å². The maximum absolute atomic E-state index is 11.7. The van der Waals surface area contributed by atoms with E-state index < -0.39 is 0 Å². The zero-order valence-electron chi connectivity index (χ0n) is 14.3. The van der Waals surface area contributed by atoms with Gasteiger partial charge in [-0.05, 0) is 25.5 Å². The second-order valence-corrected chi connectivity index (χ2v) is 7.20. The van der Waals surface area contributed by atoms with Crippen LogP contribution in [0, 0.1) is 0 Å². The van der Waals surface area contributed by atoms with Crippen LogP contribution >= 0.6 is 23.7 Å². The number of nitrogens with one attached hydrogen (secondary N) is 1. The molecule has 8 heteroatoms. The van der Waals surface area contributed by atoms with Crippen LogP contribution < -0.4 is 11.1 Å². The Labute approximate surface area is 158 Å². The summed E-state index contributed by atoms with van der Waals surface area (Å²) < 4.78 is 2.03. The third kappa shape index (κ3) is 5.54. The summed E-state index contributed by atoms with van der Waals surface area (Å²) in [6.45, 7) is 3.16. The molecule has 1 saturated heterocycles. The average Bonchev–Trinajstić information content (AvgIpc) is 3.25. The molecular weight excluding hydrogens is 358 g/mol. The van der Waals surface area contributed by atoms with Gasteiger partial charge in [-0.1, -0.05) is 6.42 Å². The number of halogens is 1.